The summed E-state index contributed by atoms with van der Waals surface area (Å²) in [4.78, 5) is 11.6. The number of oxazole rings is 2. The summed E-state index contributed by atoms with van der Waals surface area (Å²) in [5, 5.41) is 1.46. The van der Waals surface area contributed by atoms with Crippen LogP contribution in [0.4, 0.5) is 17.1 Å². The van der Waals surface area contributed by atoms with E-state index in [2.05, 4.69) is 4.90 Å². The Balaban J connectivity index is 1.11. The third-order valence-corrected chi connectivity index (χ3v) is 8.92. The lowest BCUT2D eigenvalue weighted by Gasteiger charge is -2.25. The molecule has 0 spiro atoms. The third-order valence-electron chi connectivity index (χ3n) is 8.92. The van der Waals surface area contributed by atoms with Crippen molar-refractivity contribution in [3.63, 3.8) is 0 Å². The predicted octanol–water partition coefficient (Wildman–Crippen LogP) is 12.7. The minimum absolute atomic E-state index is 0.0766. The van der Waals surface area contributed by atoms with Gasteiger partial charge in [0.15, 0.2) is 11.2 Å². The lowest BCUT2D eigenvalue weighted by atomic mass is 9.98. The van der Waals surface area contributed by atoms with Crippen molar-refractivity contribution < 1.29 is 18.4 Å². The zero-order chi connectivity index (χ0) is 39.8. The Bertz CT molecular complexity index is 3160. The van der Waals surface area contributed by atoms with Gasteiger partial charge in [0, 0.05) is 40.3 Å². The van der Waals surface area contributed by atoms with Crippen LogP contribution in [0.25, 0.3) is 77.8 Å². The van der Waals surface area contributed by atoms with Gasteiger partial charge in [0.2, 0.25) is 11.8 Å². The van der Waals surface area contributed by atoms with Gasteiger partial charge in [0.05, 0.1) is 9.60 Å². The van der Waals surface area contributed by atoms with E-state index >= 15 is 0 Å². The Morgan fingerprint density at radius 3 is 1.63 bits per heavy atom. The van der Waals surface area contributed by atoms with Crippen LogP contribution in [0.1, 0.15) is 9.60 Å². The molecule has 5 heteroatoms. The first-order chi connectivity index (χ1) is 28.1. The van der Waals surface area contributed by atoms with Crippen molar-refractivity contribution in [3.8, 4) is 34.0 Å². The van der Waals surface area contributed by atoms with E-state index < -0.39 is 24.2 Å². The highest BCUT2D eigenvalue weighted by Gasteiger charge is 2.18. The zero-order valence-corrected chi connectivity index (χ0v) is 26.9. The van der Waals surface area contributed by atoms with Gasteiger partial charge in [-0.15, -0.1) is 0 Å². The van der Waals surface area contributed by atoms with Crippen molar-refractivity contribution in [1.29, 1.82) is 0 Å². The van der Waals surface area contributed by atoms with Crippen LogP contribution in [0.15, 0.2) is 185 Å². The monoisotopic (exact) mass is 662 g/mol. The van der Waals surface area contributed by atoms with Crippen molar-refractivity contribution in [2.24, 2.45) is 0 Å². The standard InChI is InChI=1S/C46H29N3O2/c1-3-10-31(11-4-1)45-47-41-23-21-39(28-43(41)50-45)49(40-22-24-42-44(29-40)51-46(48-42)32-12-5-2-6-13-32)38-20-19-36-26-35(17-18-37(36)27-38)34-16-15-30-9-7-8-14-33(30)25-34/h1-29H/i7D,8D,9D,14D,15D,16D,25D. The molecule has 0 amide bonds. The van der Waals surface area contributed by atoms with Gasteiger partial charge in [0.25, 0.3) is 0 Å². The molecule has 2 aromatic heterocycles. The summed E-state index contributed by atoms with van der Waals surface area (Å²) < 4.78 is 72.4. The van der Waals surface area contributed by atoms with Crippen LogP contribution in [-0.4, -0.2) is 9.97 Å². The summed E-state index contributed by atoms with van der Waals surface area (Å²) in [6.45, 7) is 0. The van der Waals surface area contributed by atoms with Crippen LogP contribution in [-0.2, 0) is 0 Å². The van der Waals surface area contributed by atoms with E-state index in [1.807, 2.05) is 127 Å². The molecule has 0 saturated carbocycles. The van der Waals surface area contributed by atoms with Crippen LogP contribution in [0.2, 0.25) is 0 Å². The SMILES string of the molecule is [2H]c1c([2H])c([2H])c2c([2H])c(-c3ccc4cc(N(c5ccc6nc(-c7ccccc7)oc6c5)c5ccc6nc(-c7ccccc7)oc6c5)ccc4c3)c([2H])c([2H])c2c1[2H]. The van der Waals surface area contributed by atoms with Crippen LogP contribution in [0.3, 0.4) is 0 Å². The number of nitrogens with zero attached hydrogens (tertiary/aromatic N) is 3. The number of benzene rings is 8. The Morgan fingerprint density at radius 1 is 0.431 bits per heavy atom. The van der Waals surface area contributed by atoms with Gasteiger partial charge in [-0.25, -0.2) is 9.97 Å². The molecule has 0 N–H and O–H groups in total. The first-order valence-electron chi connectivity index (χ1n) is 19.9. The Hall–Kier alpha value is -6.98. The molecule has 0 atom stereocenters. The van der Waals surface area contributed by atoms with Gasteiger partial charge in [-0.3, -0.25) is 0 Å². The first-order valence-corrected chi connectivity index (χ1v) is 16.4. The predicted molar refractivity (Wildman–Crippen MR) is 208 cm³/mol. The average Bonchev–Trinajstić information content (AvgIpc) is 3.89. The highest BCUT2D eigenvalue weighted by atomic mass is 16.4. The number of fused-ring (bicyclic) bond motifs is 4. The van der Waals surface area contributed by atoms with Crippen molar-refractivity contribution in [3.05, 3.63) is 176 Å². The second-order valence-corrected chi connectivity index (χ2v) is 12.2. The summed E-state index contributed by atoms with van der Waals surface area (Å²) in [7, 11) is 0. The highest BCUT2D eigenvalue weighted by Crippen LogP contribution is 2.40. The van der Waals surface area contributed by atoms with E-state index in [4.69, 9.17) is 28.4 Å². The second kappa shape index (κ2) is 11.9. The van der Waals surface area contributed by atoms with Crippen LogP contribution >= 0.6 is 0 Å². The minimum atomic E-state index is -0.497. The number of aromatic nitrogens is 2. The van der Waals surface area contributed by atoms with Gasteiger partial charge >= 0.3 is 0 Å². The highest BCUT2D eigenvalue weighted by molar-refractivity contribution is 5.95. The van der Waals surface area contributed by atoms with E-state index in [-0.39, 0.29) is 34.5 Å². The van der Waals surface area contributed by atoms with E-state index in [0.29, 0.717) is 28.5 Å². The molecule has 8 aromatic carbocycles. The first kappa shape index (κ1) is 22.6. The third kappa shape index (κ3) is 5.29. The van der Waals surface area contributed by atoms with Crippen LogP contribution in [0.5, 0.6) is 0 Å². The van der Waals surface area contributed by atoms with E-state index in [1.165, 1.54) is 0 Å². The molecule has 0 fully saturated rings. The van der Waals surface area contributed by atoms with Gasteiger partial charge in [-0.05, 0) is 105 Å². The lowest BCUT2D eigenvalue weighted by Crippen LogP contribution is -2.09. The maximum absolute atomic E-state index is 9.04. The van der Waals surface area contributed by atoms with E-state index in [9.17, 15) is 0 Å². The maximum atomic E-state index is 9.04. The van der Waals surface area contributed by atoms with E-state index in [1.54, 1.807) is 6.07 Å². The number of rotatable bonds is 6. The average molecular weight is 663 g/mol. The summed E-state index contributed by atoms with van der Waals surface area (Å²) in [6, 6.07) is 40.1. The molecule has 10 rings (SSSR count). The molecule has 2 heterocycles. The molecular formula is C46H29N3O2. The summed E-state index contributed by atoms with van der Waals surface area (Å²) in [5.41, 5.74) is 7.47. The van der Waals surface area contributed by atoms with Gasteiger partial charge in [-0.1, -0.05) is 90.9 Å². The molecule has 51 heavy (non-hydrogen) atoms. The van der Waals surface area contributed by atoms with Crippen molar-refractivity contribution >= 4 is 60.8 Å². The Morgan fingerprint density at radius 2 is 0.980 bits per heavy atom. The fraction of sp³-hybridized carbons (Fsp3) is 0. The molecule has 240 valence electrons. The molecule has 0 radical (unpaired) electrons. The Kier molecular flexibility index (Phi) is 5.26. The fourth-order valence-electron chi connectivity index (χ4n) is 6.41. The molecule has 0 aliphatic carbocycles. The maximum Gasteiger partial charge on any atom is 0.227 e. The van der Waals surface area contributed by atoms with Crippen LogP contribution < -0.4 is 4.90 Å². The number of hydrogen-bond donors (Lipinski definition) is 0. The summed E-state index contributed by atoms with van der Waals surface area (Å²) in [6.07, 6.45) is 0. The lowest BCUT2D eigenvalue weighted by molar-refractivity contribution is 0.620. The molecule has 5 nitrogen and oxygen atoms in total. The Labute approximate surface area is 303 Å². The van der Waals surface area contributed by atoms with Crippen molar-refractivity contribution in [2.75, 3.05) is 4.90 Å². The molecular weight excluding hydrogens is 627 g/mol. The largest absolute Gasteiger partial charge is 0.436 e. The quantitative estimate of drug-likeness (QED) is 0.177. The van der Waals surface area contributed by atoms with E-state index in [0.717, 1.165) is 50.0 Å². The topological polar surface area (TPSA) is 55.3 Å². The molecule has 0 aliphatic heterocycles. The number of hydrogen-bond acceptors (Lipinski definition) is 5. The molecule has 0 unspecified atom stereocenters. The summed E-state index contributed by atoms with van der Waals surface area (Å²) in [5.74, 6) is 1.04. The smallest absolute Gasteiger partial charge is 0.227 e. The van der Waals surface area contributed by atoms with Gasteiger partial charge in [-0.2, -0.15) is 0 Å². The van der Waals surface area contributed by atoms with Gasteiger partial charge < -0.3 is 13.7 Å². The van der Waals surface area contributed by atoms with Crippen molar-refractivity contribution in [1.82, 2.24) is 9.97 Å². The molecule has 0 aliphatic rings. The summed E-state index contributed by atoms with van der Waals surface area (Å²) >= 11 is 0. The van der Waals surface area contributed by atoms with Crippen LogP contribution in [0, 0.1) is 0 Å². The molecule has 0 bridgehead atoms. The van der Waals surface area contributed by atoms with Gasteiger partial charge in [0.1, 0.15) is 11.0 Å². The van der Waals surface area contributed by atoms with Crippen molar-refractivity contribution in [2.45, 2.75) is 0 Å². The molecule has 0 saturated heterocycles. The normalized spacial score (nSPS) is 13.5. The second-order valence-electron chi connectivity index (χ2n) is 12.2. The zero-order valence-electron chi connectivity index (χ0n) is 33.9. The molecule has 10 aromatic rings. The number of anilines is 3. The minimum Gasteiger partial charge on any atom is -0.436 e. The fourth-order valence-corrected chi connectivity index (χ4v) is 6.41.